The number of carbonyl (C=O) groups is 1. The summed E-state index contributed by atoms with van der Waals surface area (Å²) in [6.45, 7) is 2.15. The van der Waals surface area contributed by atoms with Crippen LogP contribution in [0, 0.1) is 0 Å². The summed E-state index contributed by atoms with van der Waals surface area (Å²) < 4.78 is 36.5. The summed E-state index contributed by atoms with van der Waals surface area (Å²) >= 11 is 0. The summed E-state index contributed by atoms with van der Waals surface area (Å²) in [5.41, 5.74) is 1.78. The highest BCUT2D eigenvalue weighted by Crippen LogP contribution is 2.40. The highest BCUT2D eigenvalue weighted by molar-refractivity contribution is 7.92. The van der Waals surface area contributed by atoms with E-state index in [2.05, 4.69) is 9.97 Å². The molecule has 3 heterocycles. The Morgan fingerprint density at radius 2 is 1.77 bits per heavy atom. The number of carboxylic acids is 1. The molecule has 0 amide bonds. The van der Waals surface area contributed by atoms with E-state index in [4.69, 9.17) is 9.84 Å². The smallest absolute Gasteiger partial charge is 0.339 e. The van der Waals surface area contributed by atoms with Crippen molar-refractivity contribution in [2.45, 2.75) is 24.9 Å². The lowest BCUT2D eigenvalue weighted by molar-refractivity contribution is 0.0697. The zero-order valence-electron chi connectivity index (χ0n) is 21.2. The molecule has 2 aromatic carbocycles. The number of rotatable bonds is 9. The van der Waals surface area contributed by atoms with E-state index in [-0.39, 0.29) is 22.7 Å². The third-order valence-electron chi connectivity index (χ3n) is 6.26. The van der Waals surface area contributed by atoms with E-state index in [1.807, 2.05) is 37.3 Å². The highest BCUT2D eigenvalue weighted by atomic mass is 32.2. The lowest BCUT2D eigenvalue weighted by Gasteiger charge is -2.27. The van der Waals surface area contributed by atoms with Crippen LogP contribution in [0.2, 0.25) is 0 Å². The van der Waals surface area contributed by atoms with E-state index in [0.29, 0.717) is 40.1 Å². The Morgan fingerprint density at radius 3 is 2.38 bits per heavy atom. The molecule has 0 radical (unpaired) electrons. The quantitative estimate of drug-likeness (QED) is 0.285. The zero-order valence-corrected chi connectivity index (χ0v) is 22.0. The largest absolute Gasteiger partial charge is 0.497 e. The summed E-state index contributed by atoms with van der Waals surface area (Å²) in [6, 6.07) is 18.6. The third kappa shape index (κ3) is 4.79. The maximum Gasteiger partial charge on any atom is 0.339 e. The lowest BCUT2D eigenvalue weighted by Crippen LogP contribution is -2.32. The number of anilines is 1. The second-order valence-electron chi connectivity index (χ2n) is 8.60. The molecule has 0 fully saturated rings. The third-order valence-corrected chi connectivity index (χ3v) is 8.02. The van der Waals surface area contributed by atoms with Gasteiger partial charge in [-0.1, -0.05) is 36.4 Å². The van der Waals surface area contributed by atoms with Gasteiger partial charge in [0, 0.05) is 30.7 Å². The molecule has 10 nitrogen and oxygen atoms in total. The van der Waals surface area contributed by atoms with Gasteiger partial charge in [-0.3, -0.25) is 9.29 Å². The molecular weight excluding hydrogens is 518 g/mol. The van der Waals surface area contributed by atoms with Crippen molar-refractivity contribution in [2.75, 3.05) is 11.4 Å². The van der Waals surface area contributed by atoms with Gasteiger partial charge in [0.2, 0.25) is 0 Å². The van der Waals surface area contributed by atoms with Crippen LogP contribution in [0.1, 0.15) is 22.8 Å². The van der Waals surface area contributed by atoms with Crippen LogP contribution in [0.25, 0.3) is 22.3 Å². The van der Waals surface area contributed by atoms with Gasteiger partial charge in [0.15, 0.2) is 5.65 Å². The molecule has 5 aromatic rings. The van der Waals surface area contributed by atoms with Crippen LogP contribution in [0.15, 0.2) is 90.2 Å². The van der Waals surface area contributed by atoms with Crippen molar-refractivity contribution >= 4 is 32.7 Å². The molecule has 0 aliphatic rings. The summed E-state index contributed by atoms with van der Waals surface area (Å²) in [5.74, 6) is -0.829. The topological polar surface area (TPSA) is 128 Å². The van der Waals surface area contributed by atoms with Gasteiger partial charge in [0.05, 0.1) is 29.6 Å². The van der Waals surface area contributed by atoms with Crippen LogP contribution in [0.5, 0.6) is 5.75 Å². The average Bonchev–Trinajstić information content (AvgIpc) is 3.35. The van der Waals surface area contributed by atoms with Crippen molar-refractivity contribution in [3.05, 3.63) is 96.4 Å². The number of methoxy groups -OCH3 is 1. The van der Waals surface area contributed by atoms with Gasteiger partial charge in [0.1, 0.15) is 17.0 Å². The molecule has 0 saturated heterocycles. The molecule has 0 aliphatic heterocycles. The molecule has 0 unspecified atom stereocenters. The van der Waals surface area contributed by atoms with Gasteiger partial charge in [-0.25, -0.2) is 22.9 Å². The SMILES string of the molecule is CCn1nc(-c2ccccc2)c2c(N(Cc3cccnc3)S(=O)(=O)c3ccc(OC)cc3)c(C(=O)O)cnc21. The second kappa shape index (κ2) is 10.5. The number of carboxylic acid groups (broad SMARTS) is 1. The van der Waals surface area contributed by atoms with Crippen LogP contribution >= 0.6 is 0 Å². The first-order valence-corrected chi connectivity index (χ1v) is 13.5. The van der Waals surface area contributed by atoms with Crippen LogP contribution in [0.4, 0.5) is 5.69 Å². The fraction of sp³-hybridized carbons (Fsp3) is 0.143. The molecule has 0 saturated carbocycles. The minimum absolute atomic E-state index is 0.0225. The van der Waals surface area contributed by atoms with Crippen LogP contribution in [-0.4, -0.2) is 46.4 Å². The molecule has 11 heteroatoms. The zero-order chi connectivity index (χ0) is 27.6. The Labute approximate surface area is 225 Å². The van der Waals surface area contributed by atoms with Gasteiger partial charge < -0.3 is 9.84 Å². The van der Waals surface area contributed by atoms with Crippen molar-refractivity contribution in [2.24, 2.45) is 0 Å². The van der Waals surface area contributed by atoms with Crippen molar-refractivity contribution < 1.29 is 23.1 Å². The van der Waals surface area contributed by atoms with E-state index in [1.165, 1.54) is 25.4 Å². The predicted molar refractivity (Wildman–Crippen MR) is 146 cm³/mol. The number of nitrogens with zero attached hydrogens (tertiary/aromatic N) is 5. The molecule has 5 rings (SSSR count). The van der Waals surface area contributed by atoms with E-state index < -0.39 is 16.0 Å². The minimum atomic E-state index is -4.30. The standard InChI is InChI=1S/C28H25N5O5S/c1-3-32-27-24(25(31-32)20-9-5-4-6-10-20)26(23(17-30-27)28(34)35)33(18-19-8-7-15-29-16-19)39(36,37)22-13-11-21(38-2)12-14-22/h4-17H,3,18H2,1-2H3,(H,34,35). The normalized spacial score (nSPS) is 11.4. The molecular formula is C28H25N5O5S. The Balaban J connectivity index is 1.86. The number of aromatic carboxylic acids is 1. The number of fused-ring (bicyclic) bond motifs is 1. The first-order chi connectivity index (χ1) is 18.8. The monoisotopic (exact) mass is 543 g/mol. The molecule has 39 heavy (non-hydrogen) atoms. The molecule has 1 N–H and O–H groups in total. The Bertz CT molecular complexity index is 1740. The molecule has 0 bridgehead atoms. The first kappa shape index (κ1) is 25.9. The maximum absolute atomic E-state index is 14.3. The predicted octanol–water partition coefficient (Wildman–Crippen LogP) is 4.62. The van der Waals surface area contributed by atoms with Crippen molar-refractivity contribution in [1.82, 2.24) is 19.7 Å². The van der Waals surface area contributed by atoms with Crippen LogP contribution in [0.3, 0.4) is 0 Å². The molecule has 3 aromatic heterocycles. The van der Waals surface area contributed by atoms with Crippen molar-refractivity contribution in [3.8, 4) is 17.0 Å². The first-order valence-electron chi connectivity index (χ1n) is 12.1. The lowest BCUT2D eigenvalue weighted by atomic mass is 10.1. The fourth-order valence-corrected chi connectivity index (χ4v) is 5.86. The summed E-state index contributed by atoms with van der Waals surface area (Å²) in [4.78, 5) is 21.1. The molecule has 0 aliphatic carbocycles. The van der Waals surface area contributed by atoms with Gasteiger partial charge in [0.25, 0.3) is 10.0 Å². The number of sulfonamides is 1. The number of hydrogen-bond acceptors (Lipinski definition) is 7. The number of benzene rings is 2. The number of ether oxygens (including phenoxy) is 1. The summed E-state index contributed by atoms with van der Waals surface area (Å²) in [5, 5.41) is 15.3. The number of pyridine rings is 2. The number of aryl methyl sites for hydroxylation is 1. The fourth-order valence-electron chi connectivity index (χ4n) is 4.37. The van der Waals surface area contributed by atoms with Gasteiger partial charge >= 0.3 is 5.97 Å². The van der Waals surface area contributed by atoms with Gasteiger partial charge in [-0.2, -0.15) is 5.10 Å². The number of hydrogen-bond donors (Lipinski definition) is 1. The van der Waals surface area contributed by atoms with Crippen LogP contribution < -0.4 is 9.04 Å². The minimum Gasteiger partial charge on any atom is -0.497 e. The Morgan fingerprint density at radius 1 is 1.03 bits per heavy atom. The molecule has 0 spiro atoms. The highest BCUT2D eigenvalue weighted by Gasteiger charge is 2.33. The van der Waals surface area contributed by atoms with E-state index >= 15 is 0 Å². The van der Waals surface area contributed by atoms with E-state index in [1.54, 1.807) is 41.3 Å². The maximum atomic E-state index is 14.3. The average molecular weight is 544 g/mol. The van der Waals surface area contributed by atoms with Crippen LogP contribution in [-0.2, 0) is 23.1 Å². The van der Waals surface area contributed by atoms with Crippen molar-refractivity contribution in [3.63, 3.8) is 0 Å². The summed E-state index contributed by atoms with van der Waals surface area (Å²) in [7, 11) is -2.81. The Hall–Kier alpha value is -4.77. The second-order valence-corrected chi connectivity index (χ2v) is 10.5. The van der Waals surface area contributed by atoms with Gasteiger partial charge in [-0.05, 0) is 42.8 Å². The Kier molecular flexibility index (Phi) is 6.99. The summed E-state index contributed by atoms with van der Waals surface area (Å²) in [6.07, 6.45) is 4.31. The van der Waals surface area contributed by atoms with E-state index in [9.17, 15) is 18.3 Å². The number of aromatic nitrogens is 4. The van der Waals surface area contributed by atoms with E-state index in [0.717, 1.165) is 4.31 Å². The van der Waals surface area contributed by atoms with Gasteiger partial charge in [-0.15, -0.1) is 0 Å². The molecule has 0 atom stereocenters. The molecule has 198 valence electrons. The van der Waals surface area contributed by atoms with Crippen molar-refractivity contribution in [1.29, 1.82) is 0 Å².